The topological polar surface area (TPSA) is 143 Å². The van der Waals surface area contributed by atoms with Gasteiger partial charge in [0.15, 0.2) is 6.61 Å². The summed E-state index contributed by atoms with van der Waals surface area (Å²) in [4.78, 5) is 32.8. The van der Waals surface area contributed by atoms with E-state index in [1.165, 1.54) is 6.08 Å². The lowest BCUT2D eigenvalue weighted by atomic mass is 10.1. The van der Waals surface area contributed by atoms with Gasteiger partial charge in [0.2, 0.25) is 0 Å². The normalized spacial score (nSPS) is 10.6. The summed E-state index contributed by atoms with van der Waals surface area (Å²) in [5.41, 5.74) is 5.05. The first kappa shape index (κ1) is 19.2. The van der Waals surface area contributed by atoms with Crippen molar-refractivity contribution in [1.82, 2.24) is 5.32 Å². The fourth-order valence-corrected chi connectivity index (χ4v) is 3.56. The van der Waals surface area contributed by atoms with Gasteiger partial charge in [-0.2, -0.15) is 5.26 Å². The van der Waals surface area contributed by atoms with Crippen LogP contribution in [0.5, 0.6) is 5.75 Å². The largest absolute Gasteiger partial charge is 0.480 e. The van der Waals surface area contributed by atoms with Gasteiger partial charge in [-0.1, -0.05) is 0 Å². The van der Waals surface area contributed by atoms with E-state index in [1.807, 2.05) is 45.2 Å². The third-order valence-electron chi connectivity index (χ3n) is 2.27. The predicted octanol–water partition coefficient (Wildman–Crippen LogP) is 1.46. The zero-order chi connectivity index (χ0) is 17.6. The lowest BCUT2D eigenvalue weighted by Crippen LogP contribution is -2.35. The predicted molar refractivity (Wildman–Crippen MR) is 96.3 cm³/mol. The molecule has 120 valence electrons. The number of carboxylic acids is 1. The minimum Gasteiger partial charge on any atom is -0.480 e. The Morgan fingerprint density at radius 3 is 2.35 bits per heavy atom. The molecule has 1 aromatic carbocycles. The van der Waals surface area contributed by atoms with E-state index < -0.39 is 24.5 Å². The van der Waals surface area contributed by atoms with Gasteiger partial charge in [0.1, 0.15) is 17.4 Å². The molecule has 3 amide bonds. The number of hydrogen-bond donors (Lipinski definition) is 3. The second-order valence-electron chi connectivity index (χ2n) is 3.98. The molecule has 0 bridgehead atoms. The molecule has 1 rings (SSSR count). The number of rotatable bonds is 5. The summed E-state index contributed by atoms with van der Waals surface area (Å²) in [5, 5.41) is 19.4. The fraction of sp³-hybridized carbons (Fsp3) is 0.0769. The summed E-state index contributed by atoms with van der Waals surface area (Å²) in [5.74, 6) is -1.61. The Kier molecular flexibility index (Phi) is 7.23. The van der Waals surface area contributed by atoms with Gasteiger partial charge >= 0.3 is 12.0 Å². The SMILES string of the molecule is N#C/C(=C/c1cc(I)c(OCC(=O)O)c(I)c1)C(=O)NC(N)=O. The van der Waals surface area contributed by atoms with Crippen molar-refractivity contribution in [2.24, 2.45) is 5.73 Å². The number of imide groups is 1. The molecule has 23 heavy (non-hydrogen) atoms. The van der Waals surface area contributed by atoms with Gasteiger partial charge in [0.25, 0.3) is 5.91 Å². The number of halogens is 2. The Morgan fingerprint density at radius 1 is 1.35 bits per heavy atom. The Bertz CT molecular complexity index is 717. The van der Waals surface area contributed by atoms with Crippen molar-refractivity contribution in [3.63, 3.8) is 0 Å². The van der Waals surface area contributed by atoms with E-state index in [9.17, 15) is 14.4 Å². The summed E-state index contributed by atoms with van der Waals surface area (Å²) in [7, 11) is 0. The second kappa shape index (κ2) is 8.67. The molecular formula is C13H9I2N3O5. The van der Waals surface area contributed by atoms with Crippen LogP contribution in [-0.2, 0) is 9.59 Å². The summed E-state index contributed by atoms with van der Waals surface area (Å²) in [6.07, 6.45) is 1.28. The number of benzene rings is 1. The number of urea groups is 1. The summed E-state index contributed by atoms with van der Waals surface area (Å²) >= 11 is 3.89. The van der Waals surface area contributed by atoms with Gasteiger partial charge in [0, 0.05) is 0 Å². The van der Waals surface area contributed by atoms with E-state index in [0.29, 0.717) is 18.5 Å². The van der Waals surface area contributed by atoms with Crippen LogP contribution in [0.4, 0.5) is 4.79 Å². The number of ether oxygens (including phenoxy) is 1. The summed E-state index contributed by atoms with van der Waals surface area (Å²) < 4.78 is 6.39. The van der Waals surface area contributed by atoms with E-state index in [0.717, 1.165) is 0 Å². The van der Waals surface area contributed by atoms with Crippen molar-refractivity contribution >= 4 is 69.2 Å². The van der Waals surface area contributed by atoms with Gasteiger partial charge in [-0.05, 0) is 69.0 Å². The number of primary amides is 1. The molecule has 0 unspecified atom stereocenters. The van der Waals surface area contributed by atoms with Crippen molar-refractivity contribution in [3.8, 4) is 11.8 Å². The quantitative estimate of drug-likeness (QED) is 0.293. The molecule has 0 heterocycles. The van der Waals surface area contributed by atoms with Crippen molar-refractivity contribution < 1.29 is 24.2 Å². The van der Waals surface area contributed by atoms with Crippen LogP contribution in [-0.4, -0.2) is 29.6 Å². The molecule has 0 aliphatic rings. The number of hydrogen-bond acceptors (Lipinski definition) is 5. The van der Waals surface area contributed by atoms with Crippen molar-refractivity contribution in [2.45, 2.75) is 0 Å². The van der Waals surface area contributed by atoms with E-state index in [4.69, 9.17) is 20.8 Å². The summed E-state index contributed by atoms with van der Waals surface area (Å²) in [6, 6.07) is 3.83. The highest BCUT2D eigenvalue weighted by atomic mass is 127. The average molecular weight is 541 g/mol. The lowest BCUT2D eigenvalue weighted by Gasteiger charge is -2.09. The molecule has 0 spiro atoms. The number of nitrogens with two attached hydrogens (primary N) is 1. The molecule has 0 aliphatic carbocycles. The van der Waals surface area contributed by atoms with Crippen LogP contribution in [0.15, 0.2) is 17.7 Å². The number of aliphatic carboxylic acids is 1. The van der Waals surface area contributed by atoms with Crippen molar-refractivity contribution in [1.29, 1.82) is 5.26 Å². The first-order chi connectivity index (χ1) is 10.7. The molecule has 8 nitrogen and oxygen atoms in total. The number of carboxylic acid groups (broad SMARTS) is 1. The first-order valence-electron chi connectivity index (χ1n) is 5.80. The number of nitriles is 1. The molecule has 0 saturated heterocycles. The minimum absolute atomic E-state index is 0.297. The third-order valence-corrected chi connectivity index (χ3v) is 3.88. The van der Waals surface area contributed by atoms with Crippen LogP contribution in [0.3, 0.4) is 0 Å². The number of carbonyl (C=O) groups is 3. The van der Waals surface area contributed by atoms with E-state index >= 15 is 0 Å². The maximum absolute atomic E-state index is 11.6. The van der Waals surface area contributed by atoms with Crippen LogP contribution in [0.2, 0.25) is 0 Å². The van der Waals surface area contributed by atoms with Crippen LogP contribution in [0.1, 0.15) is 5.56 Å². The third kappa shape index (κ3) is 6.02. The molecule has 0 atom stereocenters. The highest BCUT2D eigenvalue weighted by Crippen LogP contribution is 2.29. The van der Waals surface area contributed by atoms with Crippen LogP contribution in [0, 0.1) is 18.5 Å². The molecule has 0 saturated carbocycles. The van der Waals surface area contributed by atoms with Gasteiger partial charge < -0.3 is 15.6 Å². The number of nitrogens with one attached hydrogen (secondary N) is 1. The Morgan fingerprint density at radius 2 is 1.91 bits per heavy atom. The lowest BCUT2D eigenvalue weighted by molar-refractivity contribution is -0.139. The number of carbonyl (C=O) groups excluding carboxylic acids is 2. The Labute approximate surface area is 157 Å². The molecule has 1 aromatic rings. The Balaban J connectivity index is 3.12. The summed E-state index contributed by atoms with van der Waals surface area (Å²) in [6.45, 7) is -0.481. The molecule has 0 fully saturated rings. The second-order valence-corrected chi connectivity index (χ2v) is 6.31. The first-order valence-corrected chi connectivity index (χ1v) is 7.96. The maximum atomic E-state index is 11.6. The van der Waals surface area contributed by atoms with Gasteiger partial charge in [0.05, 0.1) is 7.14 Å². The zero-order valence-electron chi connectivity index (χ0n) is 11.3. The molecule has 10 heteroatoms. The number of nitrogens with zero attached hydrogens (tertiary/aromatic N) is 1. The standard InChI is InChI=1S/C13H9I2N3O5/c14-8-2-6(1-7(4-16)12(21)18-13(17)22)3-9(15)11(8)23-5-10(19)20/h1-3H,5H2,(H,19,20)(H3,17,18,21,22)/b7-1-. The zero-order valence-corrected chi connectivity index (χ0v) is 15.6. The Hall–Kier alpha value is -1.88. The smallest absolute Gasteiger partial charge is 0.341 e. The van der Waals surface area contributed by atoms with Crippen molar-refractivity contribution in [3.05, 3.63) is 30.4 Å². The number of amides is 3. The highest BCUT2D eigenvalue weighted by molar-refractivity contribution is 14.1. The van der Waals surface area contributed by atoms with Crippen LogP contribution >= 0.6 is 45.2 Å². The fourth-order valence-electron chi connectivity index (χ4n) is 1.43. The van der Waals surface area contributed by atoms with Gasteiger partial charge in [-0.15, -0.1) is 0 Å². The van der Waals surface area contributed by atoms with Crippen LogP contribution in [0.25, 0.3) is 6.08 Å². The van der Waals surface area contributed by atoms with Crippen molar-refractivity contribution in [2.75, 3.05) is 6.61 Å². The molecular weight excluding hydrogens is 532 g/mol. The van der Waals surface area contributed by atoms with Gasteiger partial charge in [-0.25, -0.2) is 9.59 Å². The van der Waals surface area contributed by atoms with Crippen LogP contribution < -0.4 is 15.8 Å². The van der Waals surface area contributed by atoms with E-state index in [-0.39, 0.29) is 5.57 Å². The minimum atomic E-state index is -1.10. The molecule has 0 aromatic heterocycles. The molecule has 0 radical (unpaired) electrons. The monoisotopic (exact) mass is 541 g/mol. The maximum Gasteiger partial charge on any atom is 0.341 e. The van der Waals surface area contributed by atoms with Gasteiger partial charge in [-0.3, -0.25) is 10.1 Å². The molecule has 4 N–H and O–H groups in total. The molecule has 0 aliphatic heterocycles. The average Bonchev–Trinajstić information content (AvgIpc) is 2.42. The van der Waals surface area contributed by atoms with E-state index in [1.54, 1.807) is 23.5 Å². The van der Waals surface area contributed by atoms with E-state index in [2.05, 4.69) is 0 Å². The highest BCUT2D eigenvalue weighted by Gasteiger charge is 2.13.